The van der Waals surface area contributed by atoms with Gasteiger partial charge in [-0.25, -0.2) is 0 Å². The molecule has 2 heterocycles. The Balaban J connectivity index is 1.14. The van der Waals surface area contributed by atoms with Crippen molar-refractivity contribution in [2.45, 2.75) is 141 Å². The summed E-state index contributed by atoms with van der Waals surface area (Å²) in [6.07, 6.45) is 22.5. The number of cyclic esters (lactones) is 4. The minimum absolute atomic E-state index is 0.191. The molecule has 3 aliphatic rings. The van der Waals surface area contributed by atoms with Crippen LogP contribution in [0.4, 0.5) is 0 Å². The summed E-state index contributed by atoms with van der Waals surface area (Å²) in [6, 6.07) is 6.93. The van der Waals surface area contributed by atoms with Gasteiger partial charge in [-0.2, -0.15) is 0 Å². The molecule has 2 saturated heterocycles. The first-order chi connectivity index (χ1) is 21.9. The third-order valence-electron chi connectivity index (χ3n) is 9.90. The lowest BCUT2D eigenvalue weighted by molar-refractivity contribution is -0.161. The highest BCUT2D eigenvalue weighted by molar-refractivity contribution is 6.03. The van der Waals surface area contributed by atoms with Gasteiger partial charge in [0.1, 0.15) is 0 Å². The molecule has 45 heavy (non-hydrogen) atoms. The van der Waals surface area contributed by atoms with Crippen molar-refractivity contribution in [1.29, 1.82) is 0 Å². The molecule has 1 aromatic rings. The molecule has 0 amide bonds. The van der Waals surface area contributed by atoms with Crippen LogP contribution in [0.3, 0.4) is 0 Å². The van der Waals surface area contributed by atoms with Crippen molar-refractivity contribution in [2.24, 2.45) is 17.8 Å². The second-order valence-electron chi connectivity index (χ2n) is 13.2. The number of hydrogen-bond acceptors (Lipinski definition) is 8. The van der Waals surface area contributed by atoms with Gasteiger partial charge in [0.25, 0.3) is 0 Å². The van der Waals surface area contributed by atoms with Gasteiger partial charge in [-0.1, -0.05) is 140 Å². The summed E-state index contributed by atoms with van der Waals surface area (Å²) in [6.45, 7) is 2.45. The minimum Gasteiger partial charge on any atom is -0.465 e. The van der Waals surface area contributed by atoms with E-state index in [1.807, 2.05) is 0 Å². The summed E-state index contributed by atoms with van der Waals surface area (Å²) in [5, 5.41) is 0. The van der Waals surface area contributed by atoms with Crippen molar-refractivity contribution >= 4 is 29.8 Å². The fraction of sp³-hybridized carbons (Fsp3) is 0.703. The first-order valence-electron chi connectivity index (χ1n) is 17.7. The van der Waals surface area contributed by atoms with Gasteiger partial charge in [0.05, 0.1) is 36.7 Å². The average molecular weight is 625 g/mol. The molecule has 0 bridgehead atoms. The van der Waals surface area contributed by atoms with E-state index >= 15 is 0 Å². The van der Waals surface area contributed by atoms with Crippen LogP contribution in [0.25, 0.3) is 0 Å². The van der Waals surface area contributed by atoms with E-state index in [-0.39, 0.29) is 13.0 Å². The molecule has 1 aliphatic carbocycles. The topological polar surface area (TPSA) is 113 Å². The molecule has 0 radical (unpaired) electrons. The Morgan fingerprint density at radius 1 is 0.644 bits per heavy atom. The number of unbranched alkanes of at least 4 members (excludes halogenated alkanes) is 17. The number of ether oxygens (including phenoxy) is 3. The van der Waals surface area contributed by atoms with Gasteiger partial charge in [0, 0.05) is 5.92 Å². The molecular formula is C37H52O8. The number of esters is 5. The molecule has 0 aromatic heterocycles. The summed E-state index contributed by atoms with van der Waals surface area (Å²) < 4.78 is 15.5. The van der Waals surface area contributed by atoms with Gasteiger partial charge in [-0.15, -0.1) is 0 Å². The second-order valence-corrected chi connectivity index (χ2v) is 13.2. The van der Waals surface area contributed by atoms with Crippen LogP contribution < -0.4 is 0 Å². The van der Waals surface area contributed by atoms with E-state index in [1.165, 1.54) is 89.9 Å². The highest BCUT2D eigenvalue weighted by Crippen LogP contribution is 2.54. The molecule has 0 spiro atoms. The third-order valence-corrected chi connectivity index (χ3v) is 9.90. The van der Waals surface area contributed by atoms with Gasteiger partial charge in [0.15, 0.2) is 0 Å². The highest BCUT2D eigenvalue weighted by atomic mass is 16.6. The van der Waals surface area contributed by atoms with E-state index < -0.39 is 59.4 Å². The SMILES string of the molecule is CCCCCCCCCCCCCCCCCCCCOC(=O)C1C2C(=O)OC(=O)C2c2ccccc2C1C1CC(=O)OC1=O. The Hall–Kier alpha value is -3.03. The maximum atomic E-state index is 13.6. The lowest BCUT2D eigenvalue weighted by Gasteiger charge is -2.38. The summed E-state index contributed by atoms with van der Waals surface area (Å²) >= 11 is 0. The van der Waals surface area contributed by atoms with Crippen molar-refractivity contribution in [2.75, 3.05) is 6.61 Å². The standard InChI is InChI=1S/C37H52O8/c1-2-3-4-5-6-7-8-9-10-11-12-13-14-15-16-17-18-21-24-43-35(40)32-30(28-25-29(38)44-34(28)39)26-22-19-20-23-27(26)31-33(32)37(42)45-36(31)41/h19-20,22-23,28,30-33H,2-18,21,24-25H2,1H3. The highest BCUT2D eigenvalue weighted by Gasteiger charge is 2.61. The quantitative estimate of drug-likeness (QED) is 0.0588. The zero-order valence-electron chi connectivity index (χ0n) is 27.1. The van der Waals surface area contributed by atoms with Gasteiger partial charge < -0.3 is 14.2 Å². The summed E-state index contributed by atoms with van der Waals surface area (Å²) in [4.78, 5) is 63.8. The summed E-state index contributed by atoms with van der Waals surface area (Å²) in [7, 11) is 0. The van der Waals surface area contributed by atoms with Gasteiger partial charge in [0.2, 0.25) is 0 Å². The largest absolute Gasteiger partial charge is 0.465 e. The molecule has 2 fully saturated rings. The molecule has 8 heteroatoms. The molecule has 0 N–H and O–H groups in total. The lowest BCUT2D eigenvalue weighted by atomic mass is 9.60. The van der Waals surface area contributed by atoms with Crippen LogP contribution in [0.2, 0.25) is 0 Å². The Kier molecular flexibility index (Phi) is 14.1. The van der Waals surface area contributed by atoms with Crippen molar-refractivity contribution < 1.29 is 38.2 Å². The smallest absolute Gasteiger partial charge is 0.321 e. The Morgan fingerprint density at radius 3 is 1.67 bits per heavy atom. The molecule has 0 saturated carbocycles. The maximum absolute atomic E-state index is 13.6. The molecular weight excluding hydrogens is 572 g/mol. The van der Waals surface area contributed by atoms with Crippen molar-refractivity contribution in [3.63, 3.8) is 0 Å². The minimum atomic E-state index is -1.12. The fourth-order valence-corrected chi connectivity index (χ4v) is 7.50. The second kappa shape index (κ2) is 18.2. The van der Waals surface area contributed by atoms with E-state index in [2.05, 4.69) is 6.92 Å². The molecule has 1 aromatic carbocycles. The predicted molar refractivity (Wildman–Crippen MR) is 169 cm³/mol. The first kappa shape index (κ1) is 34.8. The first-order valence-corrected chi connectivity index (χ1v) is 17.7. The molecule has 5 atom stereocenters. The van der Waals surface area contributed by atoms with Crippen LogP contribution in [-0.2, 0) is 38.2 Å². The Bertz CT molecular complexity index is 1160. The fourth-order valence-electron chi connectivity index (χ4n) is 7.50. The molecule has 2 aliphatic heterocycles. The molecule has 248 valence electrons. The van der Waals surface area contributed by atoms with Gasteiger partial charge in [-0.05, 0) is 17.5 Å². The van der Waals surface area contributed by atoms with Crippen LogP contribution in [0, 0.1) is 17.8 Å². The predicted octanol–water partition coefficient (Wildman–Crippen LogP) is 7.86. The number of carbonyl (C=O) groups is 5. The summed E-state index contributed by atoms with van der Waals surface area (Å²) in [5.74, 6) is -8.47. The summed E-state index contributed by atoms with van der Waals surface area (Å²) in [5.41, 5.74) is 1.13. The molecule has 5 unspecified atom stereocenters. The van der Waals surface area contributed by atoms with E-state index in [0.717, 1.165) is 19.3 Å². The zero-order valence-corrected chi connectivity index (χ0v) is 27.1. The van der Waals surface area contributed by atoms with E-state index in [1.54, 1.807) is 24.3 Å². The number of fused-ring (bicyclic) bond motifs is 3. The van der Waals surface area contributed by atoms with E-state index in [9.17, 15) is 24.0 Å². The number of rotatable bonds is 21. The monoisotopic (exact) mass is 624 g/mol. The maximum Gasteiger partial charge on any atom is 0.321 e. The number of carbonyl (C=O) groups excluding carboxylic acids is 5. The van der Waals surface area contributed by atoms with Crippen LogP contribution in [0.5, 0.6) is 0 Å². The van der Waals surface area contributed by atoms with E-state index in [4.69, 9.17) is 14.2 Å². The van der Waals surface area contributed by atoms with Crippen molar-refractivity contribution in [3.05, 3.63) is 35.4 Å². The number of benzene rings is 1. The van der Waals surface area contributed by atoms with Gasteiger partial charge in [-0.3, -0.25) is 24.0 Å². The van der Waals surface area contributed by atoms with Crippen LogP contribution in [-0.4, -0.2) is 36.5 Å². The molecule has 4 rings (SSSR count). The third kappa shape index (κ3) is 9.49. The van der Waals surface area contributed by atoms with Crippen LogP contribution in [0.1, 0.15) is 152 Å². The van der Waals surface area contributed by atoms with Crippen molar-refractivity contribution in [1.82, 2.24) is 0 Å². The van der Waals surface area contributed by atoms with Crippen LogP contribution >= 0.6 is 0 Å². The zero-order chi connectivity index (χ0) is 32.0. The number of hydrogen-bond donors (Lipinski definition) is 0. The Morgan fingerprint density at radius 2 is 1.16 bits per heavy atom. The Labute approximate surface area is 268 Å². The lowest BCUT2D eigenvalue weighted by Crippen LogP contribution is -2.44. The normalized spacial score (nSPS) is 23.9. The van der Waals surface area contributed by atoms with Gasteiger partial charge >= 0.3 is 29.8 Å². The van der Waals surface area contributed by atoms with Crippen LogP contribution in [0.15, 0.2) is 24.3 Å². The van der Waals surface area contributed by atoms with Crippen molar-refractivity contribution in [3.8, 4) is 0 Å². The molecule has 8 nitrogen and oxygen atoms in total. The van der Waals surface area contributed by atoms with E-state index in [0.29, 0.717) is 17.5 Å². The average Bonchev–Trinajstić information content (AvgIpc) is 3.52.